The van der Waals surface area contributed by atoms with E-state index < -0.39 is 5.41 Å². The lowest BCUT2D eigenvalue weighted by molar-refractivity contribution is -0.138. The van der Waals surface area contributed by atoms with E-state index in [2.05, 4.69) is 12.1 Å². The Morgan fingerprint density at radius 3 is 2.41 bits per heavy atom. The van der Waals surface area contributed by atoms with Gasteiger partial charge in [-0.2, -0.15) is 5.26 Å². The Labute approximate surface area is 130 Å². The number of rotatable bonds is 2. The average molecular weight is 290 g/mol. The molecule has 0 aliphatic carbocycles. The molecule has 1 atom stereocenters. The molecule has 0 saturated heterocycles. The van der Waals surface area contributed by atoms with Crippen LogP contribution in [-0.2, 0) is 10.2 Å². The maximum atomic E-state index is 13.0. The number of carbonyl (C=O) groups excluding carboxylic acids is 1. The Kier molecular flexibility index (Phi) is 3.46. The number of nitrogens with zero attached hydrogens (tertiary/aromatic N) is 2. The summed E-state index contributed by atoms with van der Waals surface area (Å²) in [5.41, 5.74) is 2.57. The van der Waals surface area contributed by atoms with E-state index in [-0.39, 0.29) is 18.5 Å². The summed E-state index contributed by atoms with van der Waals surface area (Å²) in [5.74, 6) is 0.00148. The third-order valence-corrected chi connectivity index (χ3v) is 4.39. The van der Waals surface area contributed by atoms with Gasteiger partial charge in [0.25, 0.3) is 0 Å². The zero-order chi connectivity index (χ0) is 15.7. The fraction of sp³-hybridized carbons (Fsp3) is 0.263. The fourth-order valence-electron chi connectivity index (χ4n) is 3.30. The van der Waals surface area contributed by atoms with E-state index in [1.165, 1.54) is 0 Å². The summed E-state index contributed by atoms with van der Waals surface area (Å²) >= 11 is 0. The molecule has 0 fully saturated rings. The number of hydrogen-bond acceptors (Lipinski definition) is 2. The molecule has 1 amide bonds. The Balaban J connectivity index is 2.25. The number of amides is 1. The molecule has 0 bridgehead atoms. The van der Waals surface area contributed by atoms with Gasteiger partial charge in [-0.25, -0.2) is 0 Å². The van der Waals surface area contributed by atoms with Gasteiger partial charge in [0.1, 0.15) is 6.54 Å². The highest BCUT2D eigenvalue weighted by molar-refractivity contribution is 5.90. The van der Waals surface area contributed by atoms with Crippen molar-refractivity contribution in [3.8, 4) is 6.07 Å². The van der Waals surface area contributed by atoms with Crippen LogP contribution in [0.4, 0.5) is 0 Å². The normalized spacial score (nSPS) is 19.4. The van der Waals surface area contributed by atoms with Gasteiger partial charge >= 0.3 is 0 Å². The highest BCUT2D eigenvalue weighted by Gasteiger charge is 2.44. The second-order valence-electron chi connectivity index (χ2n) is 6.12. The monoisotopic (exact) mass is 290 g/mol. The molecule has 2 aromatic carbocycles. The Morgan fingerprint density at radius 2 is 1.73 bits per heavy atom. The number of carbonyl (C=O) groups is 1. The van der Waals surface area contributed by atoms with Crippen molar-refractivity contribution in [1.82, 2.24) is 4.90 Å². The van der Waals surface area contributed by atoms with E-state index in [0.717, 1.165) is 16.7 Å². The molecule has 110 valence electrons. The summed E-state index contributed by atoms with van der Waals surface area (Å²) < 4.78 is 0. The third-order valence-electron chi connectivity index (χ3n) is 4.39. The van der Waals surface area contributed by atoms with Crippen molar-refractivity contribution in [2.45, 2.75) is 25.3 Å². The molecule has 1 heterocycles. The minimum Gasteiger partial charge on any atom is -0.317 e. The summed E-state index contributed by atoms with van der Waals surface area (Å²) in [5, 5.41) is 9.18. The zero-order valence-corrected chi connectivity index (χ0v) is 12.8. The van der Waals surface area contributed by atoms with E-state index >= 15 is 0 Å². The Hall–Kier alpha value is -2.60. The van der Waals surface area contributed by atoms with Crippen LogP contribution in [0.3, 0.4) is 0 Å². The molecule has 3 nitrogen and oxygen atoms in total. The topological polar surface area (TPSA) is 44.1 Å². The highest BCUT2D eigenvalue weighted by atomic mass is 16.2. The van der Waals surface area contributed by atoms with Gasteiger partial charge in [0.2, 0.25) is 5.91 Å². The van der Waals surface area contributed by atoms with Crippen LogP contribution in [0, 0.1) is 11.3 Å². The maximum absolute atomic E-state index is 13.0. The third kappa shape index (κ3) is 2.08. The lowest BCUT2D eigenvalue weighted by Crippen LogP contribution is -2.50. The van der Waals surface area contributed by atoms with Gasteiger partial charge in [-0.15, -0.1) is 0 Å². The second kappa shape index (κ2) is 5.31. The molecule has 1 unspecified atom stereocenters. The Morgan fingerprint density at radius 1 is 1.09 bits per heavy atom. The van der Waals surface area contributed by atoms with Crippen molar-refractivity contribution in [3.05, 3.63) is 71.3 Å². The lowest BCUT2D eigenvalue weighted by Gasteiger charge is -2.43. The van der Waals surface area contributed by atoms with Crippen molar-refractivity contribution >= 4 is 5.91 Å². The van der Waals surface area contributed by atoms with Crippen LogP contribution < -0.4 is 0 Å². The van der Waals surface area contributed by atoms with Crippen LogP contribution in [0.15, 0.2) is 54.6 Å². The smallest absolute Gasteiger partial charge is 0.234 e. The summed E-state index contributed by atoms with van der Waals surface area (Å²) in [6, 6.07) is 19.9. The molecular formula is C19H18N2O. The van der Waals surface area contributed by atoms with Crippen LogP contribution in [0.25, 0.3) is 0 Å². The van der Waals surface area contributed by atoms with E-state index in [0.29, 0.717) is 0 Å². The van der Waals surface area contributed by atoms with Crippen LogP contribution in [0.1, 0.15) is 36.6 Å². The van der Waals surface area contributed by atoms with Crippen LogP contribution in [0.5, 0.6) is 0 Å². The van der Waals surface area contributed by atoms with Crippen LogP contribution in [-0.4, -0.2) is 17.4 Å². The molecule has 22 heavy (non-hydrogen) atoms. The first-order valence-electron chi connectivity index (χ1n) is 7.39. The van der Waals surface area contributed by atoms with E-state index in [4.69, 9.17) is 0 Å². The summed E-state index contributed by atoms with van der Waals surface area (Å²) in [6.45, 7) is 3.95. The first-order valence-corrected chi connectivity index (χ1v) is 7.39. The molecule has 0 saturated carbocycles. The van der Waals surface area contributed by atoms with E-state index in [1.807, 2.05) is 62.4 Å². The minimum atomic E-state index is -0.612. The maximum Gasteiger partial charge on any atom is 0.234 e. The molecule has 0 aromatic heterocycles. The molecule has 0 spiro atoms. The Bertz CT molecular complexity index is 744. The van der Waals surface area contributed by atoms with Gasteiger partial charge in [-0.3, -0.25) is 4.79 Å². The second-order valence-corrected chi connectivity index (χ2v) is 6.12. The lowest BCUT2D eigenvalue weighted by atomic mass is 9.73. The van der Waals surface area contributed by atoms with E-state index in [1.54, 1.807) is 4.90 Å². The molecule has 0 N–H and O–H groups in total. The van der Waals surface area contributed by atoms with Gasteiger partial charge < -0.3 is 4.90 Å². The molecular weight excluding hydrogens is 272 g/mol. The SMILES string of the molecule is CC1(C)C(=O)N(CC#N)C(c2ccccc2)c2ccccc21. The fourth-order valence-corrected chi connectivity index (χ4v) is 3.30. The number of nitriles is 1. The molecule has 1 aliphatic rings. The van der Waals surface area contributed by atoms with Crippen molar-refractivity contribution in [1.29, 1.82) is 5.26 Å². The molecule has 0 radical (unpaired) electrons. The first-order chi connectivity index (χ1) is 10.6. The predicted molar refractivity (Wildman–Crippen MR) is 85.1 cm³/mol. The molecule has 3 heteroatoms. The quantitative estimate of drug-likeness (QED) is 0.795. The van der Waals surface area contributed by atoms with Crippen molar-refractivity contribution in [3.63, 3.8) is 0 Å². The average Bonchev–Trinajstić information content (AvgIpc) is 2.54. The molecule has 1 aliphatic heterocycles. The van der Waals surface area contributed by atoms with E-state index in [9.17, 15) is 10.1 Å². The zero-order valence-electron chi connectivity index (χ0n) is 12.8. The van der Waals surface area contributed by atoms with Gasteiger partial charge in [0, 0.05) is 0 Å². The number of hydrogen-bond donors (Lipinski definition) is 0. The molecule has 3 rings (SSSR count). The summed E-state index contributed by atoms with van der Waals surface area (Å²) in [6.07, 6.45) is 0. The summed E-state index contributed by atoms with van der Waals surface area (Å²) in [4.78, 5) is 14.7. The van der Waals surface area contributed by atoms with Crippen LogP contribution >= 0.6 is 0 Å². The predicted octanol–water partition coefficient (Wildman–Crippen LogP) is 3.42. The minimum absolute atomic E-state index is 0.00148. The van der Waals surface area contributed by atoms with Gasteiger partial charge in [-0.05, 0) is 30.5 Å². The standard InChI is InChI=1S/C19H18N2O/c1-19(2)16-11-7-6-10-15(16)17(14-8-4-3-5-9-14)21(13-12-20)18(19)22/h3-11,17H,13H2,1-2H3. The van der Waals surface area contributed by atoms with Crippen LogP contribution in [0.2, 0.25) is 0 Å². The van der Waals surface area contributed by atoms with Crippen molar-refractivity contribution < 1.29 is 4.79 Å². The van der Waals surface area contributed by atoms with Gasteiger partial charge in [-0.1, -0.05) is 54.6 Å². The largest absolute Gasteiger partial charge is 0.317 e. The van der Waals surface area contributed by atoms with Gasteiger partial charge in [0.15, 0.2) is 0 Å². The van der Waals surface area contributed by atoms with Gasteiger partial charge in [0.05, 0.1) is 17.5 Å². The first kappa shape index (κ1) is 14.3. The number of fused-ring (bicyclic) bond motifs is 1. The van der Waals surface area contributed by atoms with Crippen molar-refractivity contribution in [2.24, 2.45) is 0 Å². The highest BCUT2D eigenvalue weighted by Crippen LogP contribution is 2.43. The number of benzene rings is 2. The molecule has 2 aromatic rings. The van der Waals surface area contributed by atoms with Crippen molar-refractivity contribution in [2.75, 3.05) is 6.54 Å². The summed E-state index contributed by atoms with van der Waals surface area (Å²) in [7, 11) is 0.